The molecule has 0 aliphatic carbocycles. The molecule has 11 heteroatoms. The van der Waals surface area contributed by atoms with E-state index < -0.39 is 17.8 Å². The topological polar surface area (TPSA) is 105 Å². The maximum Gasteiger partial charge on any atom is 0.335 e. The molecular formula is C28H22Br2ClN3O5. The van der Waals surface area contributed by atoms with Gasteiger partial charge in [-0.2, -0.15) is 0 Å². The fraction of sp³-hybridized carbons (Fsp3) is 0.143. The zero-order valence-electron chi connectivity index (χ0n) is 21.0. The van der Waals surface area contributed by atoms with Crippen LogP contribution in [-0.4, -0.2) is 30.4 Å². The molecule has 0 spiro atoms. The van der Waals surface area contributed by atoms with E-state index in [1.54, 1.807) is 37.3 Å². The summed E-state index contributed by atoms with van der Waals surface area (Å²) < 4.78 is 6.69. The van der Waals surface area contributed by atoms with Crippen LogP contribution in [0.1, 0.15) is 22.3 Å². The lowest BCUT2D eigenvalue weighted by Crippen LogP contribution is -2.54. The molecule has 0 aromatic heterocycles. The Hall–Kier alpha value is -3.47. The third-order valence-electron chi connectivity index (χ3n) is 6.14. The number of rotatable bonds is 6. The summed E-state index contributed by atoms with van der Waals surface area (Å²) in [6.45, 7) is 5.31. The van der Waals surface area contributed by atoms with E-state index in [-0.39, 0.29) is 23.8 Å². The average molecular weight is 676 g/mol. The number of nitrogens with zero attached hydrogens (tertiary/aromatic N) is 1. The van der Waals surface area contributed by atoms with Crippen LogP contribution in [0.5, 0.6) is 5.75 Å². The van der Waals surface area contributed by atoms with Gasteiger partial charge in [0.2, 0.25) is 0 Å². The first kappa shape index (κ1) is 28.5. The molecule has 1 saturated heterocycles. The number of amides is 5. The molecule has 1 aliphatic rings. The second kappa shape index (κ2) is 11.7. The number of anilines is 2. The minimum atomic E-state index is -0.863. The Morgan fingerprint density at radius 3 is 2.38 bits per heavy atom. The molecule has 200 valence electrons. The lowest BCUT2D eigenvalue weighted by Gasteiger charge is -2.27. The molecule has 1 aliphatic heterocycles. The summed E-state index contributed by atoms with van der Waals surface area (Å²) in [5.74, 6) is -1.58. The van der Waals surface area contributed by atoms with E-state index in [2.05, 4.69) is 42.5 Å². The first-order valence-corrected chi connectivity index (χ1v) is 13.6. The van der Waals surface area contributed by atoms with Gasteiger partial charge in [-0.1, -0.05) is 29.8 Å². The van der Waals surface area contributed by atoms with E-state index in [9.17, 15) is 19.2 Å². The van der Waals surface area contributed by atoms with E-state index >= 15 is 0 Å². The van der Waals surface area contributed by atoms with Crippen molar-refractivity contribution in [3.8, 4) is 5.75 Å². The van der Waals surface area contributed by atoms with Crippen molar-refractivity contribution in [3.63, 3.8) is 0 Å². The summed E-state index contributed by atoms with van der Waals surface area (Å²) in [5, 5.41) is 5.41. The number of imide groups is 2. The summed E-state index contributed by atoms with van der Waals surface area (Å²) in [4.78, 5) is 51.8. The lowest BCUT2D eigenvalue weighted by molar-refractivity contribution is -0.122. The van der Waals surface area contributed by atoms with Crippen molar-refractivity contribution in [1.82, 2.24) is 5.32 Å². The van der Waals surface area contributed by atoms with Crippen LogP contribution in [0.25, 0.3) is 6.08 Å². The SMILES string of the molecule is Cc1cccc(NC(=O)COc2c(Br)cc(/C=C3/C(=O)NC(=O)N(c4cccc(Cl)c4C)C3=O)cc2Br)c1C. The fourth-order valence-corrected chi connectivity index (χ4v) is 5.51. The van der Waals surface area contributed by atoms with Gasteiger partial charge in [0, 0.05) is 10.7 Å². The van der Waals surface area contributed by atoms with Gasteiger partial charge in [-0.15, -0.1) is 0 Å². The van der Waals surface area contributed by atoms with Crippen molar-refractivity contribution < 1.29 is 23.9 Å². The van der Waals surface area contributed by atoms with E-state index in [4.69, 9.17) is 16.3 Å². The van der Waals surface area contributed by atoms with Crippen LogP contribution in [0, 0.1) is 20.8 Å². The number of barbiturate groups is 1. The van der Waals surface area contributed by atoms with Crippen molar-refractivity contribution in [2.75, 3.05) is 16.8 Å². The van der Waals surface area contributed by atoms with Crippen molar-refractivity contribution in [2.45, 2.75) is 20.8 Å². The minimum Gasteiger partial charge on any atom is -0.481 e. The van der Waals surface area contributed by atoms with E-state index in [0.717, 1.165) is 16.0 Å². The highest BCUT2D eigenvalue weighted by Gasteiger charge is 2.37. The Labute approximate surface area is 246 Å². The van der Waals surface area contributed by atoms with Gasteiger partial charge in [-0.25, -0.2) is 9.69 Å². The highest BCUT2D eigenvalue weighted by atomic mass is 79.9. The number of benzene rings is 3. The van der Waals surface area contributed by atoms with E-state index in [1.807, 2.05) is 32.0 Å². The molecule has 2 N–H and O–H groups in total. The molecule has 39 heavy (non-hydrogen) atoms. The molecule has 8 nitrogen and oxygen atoms in total. The molecule has 3 aromatic rings. The number of nitrogens with one attached hydrogen (secondary N) is 2. The Bertz CT molecular complexity index is 1550. The maximum absolute atomic E-state index is 13.3. The third-order valence-corrected chi connectivity index (χ3v) is 7.73. The molecule has 1 fully saturated rings. The number of hydrogen-bond acceptors (Lipinski definition) is 5. The van der Waals surface area contributed by atoms with Crippen molar-refractivity contribution in [2.24, 2.45) is 0 Å². The molecule has 0 saturated carbocycles. The van der Waals surface area contributed by atoms with Crippen LogP contribution in [0.15, 0.2) is 63.0 Å². The van der Waals surface area contributed by atoms with Gasteiger partial charge in [0.05, 0.1) is 14.6 Å². The molecule has 1 heterocycles. The summed E-state index contributed by atoms with van der Waals surface area (Å²) >= 11 is 13.0. The maximum atomic E-state index is 13.3. The van der Waals surface area contributed by atoms with Gasteiger partial charge in [-0.05, 0) is 111 Å². The molecule has 0 atom stereocenters. The van der Waals surface area contributed by atoms with Gasteiger partial charge in [0.25, 0.3) is 17.7 Å². The van der Waals surface area contributed by atoms with Crippen LogP contribution in [0.3, 0.4) is 0 Å². The summed E-state index contributed by atoms with van der Waals surface area (Å²) in [7, 11) is 0. The zero-order chi connectivity index (χ0) is 28.4. The van der Waals surface area contributed by atoms with Crippen LogP contribution in [0.4, 0.5) is 16.2 Å². The Morgan fingerprint density at radius 2 is 1.69 bits per heavy atom. The van der Waals surface area contributed by atoms with Gasteiger partial charge in [0.1, 0.15) is 11.3 Å². The van der Waals surface area contributed by atoms with Gasteiger partial charge >= 0.3 is 6.03 Å². The van der Waals surface area contributed by atoms with Crippen LogP contribution in [-0.2, 0) is 14.4 Å². The highest BCUT2D eigenvalue weighted by molar-refractivity contribution is 9.11. The first-order chi connectivity index (χ1) is 18.5. The molecule has 0 unspecified atom stereocenters. The predicted molar refractivity (Wildman–Crippen MR) is 157 cm³/mol. The van der Waals surface area contributed by atoms with E-state index in [0.29, 0.717) is 36.5 Å². The largest absolute Gasteiger partial charge is 0.481 e. The molecule has 0 radical (unpaired) electrons. The number of aryl methyl sites for hydroxylation is 1. The summed E-state index contributed by atoms with van der Waals surface area (Å²) in [6.07, 6.45) is 1.36. The summed E-state index contributed by atoms with van der Waals surface area (Å²) in [6, 6.07) is 12.9. The summed E-state index contributed by atoms with van der Waals surface area (Å²) in [5.41, 5.74) is 3.76. The van der Waals surface area contributed by atoms with Crippen molar-refractivity contribution >= 4 is 84.7 Å². The zero-order valence-corrected chi connectivity index (χ0v) is 25.0. The molecule has 3 aromatic carbocycles. The lowest BCUT2D eigenvalue weighted by atomic mass is 10.1. The van der Waals surface area contributed by atoms with Gasteiger partial charge in [-0.3, -0.25) is 19.7 Å². The van der Waals surface area contributed by atoms with Gasteiger partial charge < -0.3 is 10.1 Å². The highest BCUT2D eigenvalue weighted by Crippen LogP contribution is 2.36. The van der Waals surface area contributed by atoms with E-state index in [1.165, 1.54) is 6.08 Å². The Morgan fingerprint density at radius 1 is 1.03 bits per heavy atom. The Balaban J connectivity index is 1.55. The predicted octanol–water partition coefficient (Wildman–Crippen LogP) is 6.47. The molecular weight excluding hydrogens is 654 g/mol. The second-order valence-corrected chi connectivity index (χ2v) is 10.9. The quantitative estimate of drug-likeness (QED) is 0.230. The van der Waals surface area contributed by atoms with Crippen LogP contribution >= 0.6 is 43.5 Å². The van der Waals surface area contributed by atoms with Crippen LogP contribution in [0.2, 0.25) is 5.02 Å². The number of carbonyl (C=O) groups is 4. The number of hydrogen-bond donors (Lipinski definition) is 2. The molecule has 5 amide bonds. The van der Waals surface area contributed by atoms with Crippen molar-refractivity contribution in [1.29, 1.82) is 0 Å². The standard InChI is InChI=1S/C28H22Br2ClN3O5/c1-14-6-4-8-22(15(14)2)32-24(35)13-39-25-19(29)11-17(12-20(25)30)10-18-26(36)33-28(38)34(27(18)37)23-9-5-7-21(31)16(23)3/h4-12H,13H2,1-3H3,(H,32,35)(H,33,36,38)/b18-10-. The molecule has 4 rings (SSSR count). The number of halogens is 3. The fourth-order valence-electron chi connectivity index (χ4n) is 3.89. The number of urea groups is 1. The molecule has 0 bridgehead atoms. The van der Waals surface area contributed by atoms with Crippen LogP contribution < -0.4 is 20.3 Å². The Kier molecular flexibility index (Phi) is 8.58. The second-order valence-electron chi connectivity index (χ2n) is 8.74. The number of carbonyl (C=O) groups excluding carboxylic acids is 4. The minimum absolute atomic E-state index is 0.241. The number of ether oxygens (including phenoxy) is 1. The average Bonchev–Trinajstić information content (AvgIpc) is 2.86. The van der Waals surface area contributed by atoms with Crippen molar-refractivity contribution in [3.05, 3.63) is 90.3 Å². The van der Waals surface area contributed by atoms with Gasteiger partial charge in [0.15, 0.2) is 6.61 Å². The normalized spacial score (nSPS) is 14.5. The third kappa shape index (κ3) is 6.08. The first-order valence-electron chi connectivity index (χ1n) is 11.6. The smallest absolute Gasteiger partial charge is 0.335 e. The monoisotopic (exact) mass is 673 g/mol.